The Kier molecular flexibility index (Phi) is 7.93. The van der Waals surface area contributed by atoms with E-state index in [2.05, 4.69) is 26.8 Å². The third-order valence-electron chi connectivity index (χ3n) is 11.9. The molecule has 4 aliphatic carbocycles. The van der Waals surface area contributed by atoms with Gasteiger partial charge < -0.3 is 19.6 Å². The Bertz CT molecular complexity index is 963. The van der Waals surface area contributed by atoms with Gasteiger partial charge in [-0.05, 0) is 119 Å². The Morgan fingerprint density at radius 1 is 1.03 bits per heavy atom. The van der Waals surface area contributed by atoms with Gasteiger partial charge in [-0.3, -0.25) is 4.79 Å². The third kappa shape index (κ3) is 5.53. The highest BCUT2D eigenvalue weighted by molar-refractivity contribution is 5.76. The third-order valence-corrected chi connectivity index (χ3v) is 11.9. The number of carbonyl (C=O) groups excluding carboxylic acids is 2. The maximum absolute atomic E-state index is 13.1. The summed E-state index contributed by atoms with van der Waals surface area (Å²) in [5, 5.41) is 10.3. The van der Waals surface area contributed by atoms with E-state index in [1.807, 2.05) is 25.7 Å². The van der Waals surface area contributed by atoms with Crippen LogP contribution in [0.25, 0.3) is 0 Å². The number of aliphatic hydroxyl groups excluding tert-OH is 1. The topological polar surface area (TPSA) is 70.1 Å². The largest absolute Gasteiger partial charge is 0.444 e. The first-order valence-corrected chi connectivity index (χ1v) is 15.9. The number of nitrogens with zero attached hydrogens (tertiary/aromatic N) is 2. The van der Waals surface area contributed by atoms with Crippen LogP contribution in [-0.4, -0.2) is 64.8 Å². The smallest absolute Gasteiger partial charge is 0.410 e. The quantitative estimate of drug-likeness (QED) is 0.416. The van der Waals surface area contributed by atoms with E-state index in [1.54, 1.807) is 10.5 Å². The highest BCUT2D eigenvalue weighted by atomic mass is 16.6. The van der Waals surface area contributed by atoms with Crippen LogP contribution in [-0.2, 0) is 9.53 Å². The molecule has 0 bridgehead atoms. The van der Waals surface area contributed by atoms with Gasteiger partial charge in [-0.2, -0.15) is 0 Å². The van der Waals surface area contributed by atoms with E-state index in [4.69, 9.17) is 4.74 Å². The molecule has 1 heterocycles. The van der Waals surface area contributed by atoms with Crippen LogP contribution in [0.5, 0.6) is 0 Å². The Balaban J connectivity index is 1.14. The van der Waals surface area contributed by atoms with Crippen LogP contribution in [0.3, 0.4) is 0 Å². The maximum Gasteiger partial charge on any atom is 0.410 e. The van der Waals surface area contributed by atoms with Gasteiger partial charge in [0.25, 0.3) is 0 Å². The van der Waals surface area contributed by atoms with Crippen LogP contribution in [0.2, 0.25) is 0 Å². The number of allylic oxidation sites excluding steroid dienone is 1. The Morgan fingerprint density at radius 2 is 1.72 bits per heavy atom. The van der Waals surface area contributed by atoms with E-state index in [9.17, 15) is 14.7 Å². The van der Waals surface area contributed by atoms with Crippen molar-refractivity contribution in [2.45, 2.75) is 117 Å². The average molecular weight is 543 g/mol. The molecule has 0 radical (unpaired) electrons. The SMILES string of the molecule is C[C@H](CCC(=O)N1CCN(C(=O)OC(C)(C)C)CC1)[C@H]1CC[C@H]2[C@@H]3CC=C4C[C@@H](O)CC[C@]4(C)[C@H]3CC[C@]12C. The van der Waals surface area contributed by atoms with Crippen LogP contribution in [0, 0.1) is 40.4 Å². The van der Waals surface area contributed by atoms with Crippen molar-refractivity contribution in [3.63, 3.8) is 0 Å². The van der Waals surface area contributed by atoms with Crippen molar-refractivity contribution in [2.75, 3.05) is 26.2 Å². The summed E-state index contributed by atoms with van der Waals surface area (Å²) in [7, 11) is 0. The predicted molar refractivity (Wildman–Crippen MR) is 154 cm³/mol. The second-order valence-electron chi connectivity index (χ2n) is 15.2. The number of rotatable bonds is 4. The Morgan fingerprint density at radius 3 is 2.41 bits per heavy atom. The molecule has 0 aromatic rings. The molecule has 1 aliphatic heterocycles. The van der Waals surface area contributed by atoms with Gasteiger partial charge in [0.2, 0.25) is 5.91 Å². The fourth-order valence-corrected chi connectivity index (χ4v) is 9.79. The summed E-state index contributed by atoms with van der Waals surface area (Å²) in [6.07, 6.45) is 13.2. The lowest BCUT2D eigenvalue weighted by Crippen LogP contribution is -2.51. The highest BCUT2D eigenvalue weighted by Crippen LogP contribution is 2.67. The van der Waals surface area contributed by atoms with E-state index >= 15 is 0 Å². The molecule has 6 heteroatoms. The average Bonchev–Trinajstić information content (AvgIpc) is 3.24. The molecule has 0 unspecified atom stereocenters. The number of fused-ring (bicyclic) bond motifs is 5. The minimum Gasteiger partial charge on any atom is -0.444 e. The number of ether oxygens (including phenoxy) is 1. The highest BCUT2D eigenvalue weighted by Gasteiger charge is 2.59. The van der Waals surface area contributed by atoms with Crippen molar-refractivity contribution in [3.05, 3.63) is 11.6 Å². The molecule has 1 N–H and O–H groups in total. The second-order valence-corrected chi connectivity index (χ2v) is 15.2. The molecule has 4 fully saturated rings. The summed E-state index contributed by atoms with van der Waals surface area (Å²) < 4.78 is 5.50. The van der Waals surface area contributed by atoms with E-state index in [0.717, 1.165) is 43.4 Å². The number of amides is 2. The summed E-state index contributed by atoms with van der Waals surface area (Å²) in [6.45, 7) is 15.5. The van der Waals surface area contributed by atoms with E-state index in [-0.39, 0.29) is 18.1 Å². The number of aliphatic hydroxyl groups is 1. The van der Waals surface area contributed by atoms with Crippen LogP contribution < -0.4 is 0 Å². The fraction of sp³-hybridized carbons (Fsp3) is 0.879. The standard InChI is InChI=1S/C33H54N2O4/c1-22(7-12-29(37)34-17-19-35(20-18-34)30(38)39-31(2,3)4)26-10-11-27-25-9-8-23-21-24(36)13-15-32(23,5)28(25)14-16-33(26,27)6/h8,22,24-28,36H,7,9-21H2,1-6H3/t22-,24+,25+,26-,27+,28+,32+,33-/m1/s1. The van der Waals surface area contributed by atoms with E-state index in [0.29, 0.717) is 55.3 Å². The van der Waals surface area contributed by atoms with Crippen molar-refractivity contribution in [1.82, 2.24) is 9.80 Å². The molecule has 0 aromatic heterocycles. The molecular formula is C33H54N2O4. The molecular weight excluding hydrogens is 488 g/mol. The molecule has 2 amide bonds. The molecule has 0 spiro atoms. The first-order valence-electron chi connectivity index (χ1n) is 15.9. The molecule has 39 heavy (non-hydrogen) atoms. The zero-order valence-electron chi connectivity index (χ0n) is 25.5. The van der Waals surface area contributed by atoms with Gasteiger partial charge in [-0.1, -0.05) is 32.4 Å². The number of hydrogen-bond acceptors (Lipinski definition) is 4. The van der Waals surface area contributed by atoms with Crippen molar-refractivity contribution in [2.24, 2.45) is 40.4 Å². The van der Waals surface area contributed by atoms with Crippen LogP contribution in [0.1, 0.15) is 106 Å². The lowest BCUT2D eigenvalue weighted by Gasteiger charge is -2.58. The number of piperazine rings is 1. The number of hydrogen-bond donors (Lipinski definition) is 1. The normalized spacial score (nSPS) is 39.3. The summed E-state index contributed by atoms with van der Waals surface area (Å²) in [6, 6.07) is 0. The zero-order valence-corrected chi connectivity index (χ0v) is 25.5. The molecule has 3 saturated carbocycles. The summed E-state index contributed by atoms with van der Waals surface area (Å²) in [5.74, 6) is 3.85. The van der Waals surface area contributed by atoms with Gasteiger partial charge in [-0.25, -0.2) is 4.79 Å². The molecule has 1 saturated heterocycles. The van der Waals surface area contributed by atoms with Crippen molar-refractivity contribution >= 4 is 12.0 Å². The van der Waals surface area contributed by atoms with Crippen molar-refractivity contribution in [3.8, 4) is 0 Å². The Hall–Kier alpha value is -1.56. The van der Waals surface area contributed by atoms with Crippen molar-refractivity contribution < 1.29 is 19.4 Å². The zero-order chi connectivity index (χ0) is 28.2. The van der Waals surface area contributed by atoms with Gasteiger partial charge in [0.1, 0.15) is 5.60 Å². The van der Waals surface area contributed by atoms with Crippen LogP contribution in [0.15, 0.2) is 11.6 Å². The monoisotopic (exact) mass is 542 g/mol. The molecule has 8 atom stereocenters. The summed E-state index contributed by atoms with van der Waals surface area (Å²) in [4.78, 5) is 29.2. The van der Waals surface area contributed by atoms with Crippen LogP contribution in [0.4, 0.5) is 4.79 Å². The number of carbonyl (C=O) groups is 2. The van der Waals surface area contributed by atoms with E-state index in [1.165, 1.54) is 32.1 Å². The molecule has 220 valence electrons. The van der Waals surface area contributed by atoms with Gasteiger partial charge >= 0.3 is 6.09 Å². The first-order chi connectivity index (χ1) is 18.3. The maximum atomic E-state index is 13.1. The fourth-order valence-electron chi connectivity index (χ4n) is 9.79. The van der Waals surface area contributed by atoms with Gasteiger partial charge in [-0.15, -0.1) is 0 Å². The van der Waals surface area contributed by atoms with Gasteiger partial charge in [0.05, 0.1) is 6.10 Å². The van der Waals surface area contributed by atoms with Gasteiger partial charge in [0, 0.05) is 32.6 Å². The van der Waals surface area contributed by atoms with E-state index < -0.39 is 5.60 Å². The van der Waals surface area contributed by atoms with Gasteiger partial charge in [0.15, 0.2) is 0 Å². The summed E-state index contributed by atoms with van der Waals surface area (Å²) in [5.41, 5.74) is 1.74. The molecule has 5 rings (SSSR count). The molecule has 6 nitrogen and oxygen atoms in total. The first kappa shape index (κ1) is 29.0. The van der Waals surface area contributed by atoms with Crippen LogP contribution >= 0.6 is 0 Å². The minimum atomic E-state index is -0.497. The summed E-state index contributed by atoms with van der Waals surface area (Å²) >= 11 is 0. The predicted octanol–water partition coefficient (Wildman–Crippen LogP) is 6.42. The van der Waals surface area contributed by atoms with Crippen molar-refractivity contribution in [1.29, 1.82) is 0 Å². The Labute approximate surface area is 236 Å². The molecule has 5 aliphatic rings. The second kappa shape index (κ2) is 10.7. The molecule has 0 aromatic carbocycles. The minimum absolute atomic E-state index is 0.136. The lowest BCUT2D eigenvalue weighted by atomic mass is 9.47. The lowest BCUT2D eigenvalue weighted by molar-refractivity contribution is -0.133.